The summed E-state index contributed by atoms with van der Waals surface area (Å²) in [6.45, 7) is 1.99. The van der Waals surface area contributed by atoms with Gasteiger partial charge in [-0.1, -0.05) is 12.1 Å². The van der Waals surface area contributed by atoms with Gasteiger partial charge in [0.15, 0.2) is 11.3 Å². The molecule has 0 bridgehead atoms. The van der Waals surface area contributed by atoms with Gasteiger partial charge in [0.25, 0.3) is 5.91 Å². The molecule has 3 aromatic rings. The highest BCUT2D eigenvalue weighted by atomic mass is 19.1. The number of hydrogen-bond donors (Lipinski definition) is 2. The molecule has 3 rings (SSSR count). The number of fused-ring (bicyclic) bond motifs is 1. The lowest BCUT2D eigenvalue weighted by molar-refractivity contribution is -0.121. The topological polar surface area (TPSA) is 80.6 Å². The van der Waals surface area contributed by atoms with Crippen LogP contribution in [0, 0.1) is 11.6 Å². The summed E-state index contributed by atoms with van der Waals surface area (Å²) in [5.74, 6) is -1.33. The fraction of sp³-hybridized carbons (Fsp3) is 0.273. The lowest BCUT2D eigenvalue weighted by atomic mass is 10.2. The average molecular weight is 416 g/mol. The van der Waals surface area contributed by atoms with Crippen LogP contribution in [-0.4, -0.2) is 25.5 Å². The first-order chi connectivity index (χ1) is 14.4. The molecular formula is C22H22F2N2O4. The van der Waals surface area contributed by atoms with Crippen molar-refractivity contribution in [1.29, 1.82) is 0 Å². The van der Waals surface area contributed by atoms with Crippen molar-refractivity contribution in [3.8, 4) is 5.75 Å². The highest BCUT2D eigenvalue weighted by Crippen LogP contribution is 2.30. The minimum absolute atomic E-state index is 0.167. The number of nitrogens with one attached hydrogen (secondary N) is 2. The smallest absolute Gasteiger partial charge is 0.254 e. The number of methoxy groups -OCH3 is 1. The molecule has 2 N–H and O–H groups in total. The SMILES string of the molecule is COc1cccc2cc(C(C)NC(=O)CCCNC(=O)c3ccc(F)cc3F)oc12. The zero-order valence-electron chi connectivity index (χ0n) is 16.6. The predicted molar refractivity (Wildman–Crippen MR) is 107 cm³/mol. The van der Waals surface area contributed by atoms with Crippen molar-refractivity contribution < 1.29 is 27.5 Å². The molecule has 1 aromatic heterocycles. The van der Waals surface area contributed by atoms with Gasteiger partial charge >= 0.3 is 0 Å². The van der Waals surface area contributed by atoms with E-state index >= 15 is 0 Å². The quantitative estimate of drug-likeness (QED) is 0.542. The molecule has 1 atom stereocenters. The maximum Gasteiger partial charge on any atom is 0.254 e. The zero-order valence-corrected chi connectivity index (χ0v) is 16.6. The van der Waals surface area contributed by atoms with E-state index in [-0.39, 0.29) is 30.5 Å². The number of furan rings is 1. The van der Waals surface area contributed by atoms with Crippen LogP contribution in [0.4, 0.5) is 8.78 Å². The number of amides is 2. The minimum Gasteiger partial charge on any atom is -0.493 e. The minimum atomic E-state index is -0.929. The highest BCUT2D eigenvalue weighted by molar-refractivity contribution is 5.94. The van der Waals surface area contributed by atoms with Crippen LogP contribution in [0.15, 0.2) is 46.9 Å². The Morgan fingerprint density at radius 2 is 1.97 bits per heavy atom. The van der Waals surface area contributed by atoms with E-state index < -0.39 is 17.5 Å². The van der Waals surface area contributed by atoms with Gasteiger partial charge in [0.1, 0.15) is 17.4 Å². The van der Waals surface area contributed by atoms with E-state index in [1.807, 2.05) is 18.2 Å². The number of ether oxygens (including phenoxy) is 1. The van der Waals surface area contributed by atoms with Crippen LogP contribution >= 0.6 is 0 Å². The Balaban J connectivity index is 1.47. The first kappa shape index (κ1) is 21.3. The summed E-state index contributed by atoms with van der Waals surface area (Å²) in [7, 11) is 1.56. The lowest BCUT2D eigenvalue weighted by Crippen LogP contribution is -2.29. The Morgan fingerprint density at radius 3 is 2.70 bits per heavy atom. The van der Waals surface area contributed by atoms with Gasteiger partial charge < -0.3 is 19.8 Å². The first-order valence-corrected chi connectivity index (χ1v) is 9.48. The molecule has 8 heteroatoms. The number of carbonyl (C=O) groups is 2. The van der Waals surface area contributed by atoms with Crippen molar-refractivity contribution >= 4 is 22.8 Å². The van der Waals surface area contributed by atoms with Crippen LogP contribution in [0.2, 0.25) is 0 Å². The van der Waals surface area contributed by atoms with Crippen molar-refractivity contribution in [3.05, 3.63) is 65.4 Å². The molecule has 0 aliphatic rings. The third kappa shape index (κ3) is 4.94. The van der Waals surface area contributed by atoms with Crippen molar-refractivity contribution in [1.82, 2.24) is 10.6 Å². The summed E-state index contributed by atoms with van der Waals surface area (Å²) < 4.78 is 37.6. The van der Waals surface area contributed by atoms with E-state index in [4.69, 9.17) is 9.15 Å². The van der Waals surface area contributed by atoms with Crippen molar-refractivity contribution in [2.45, 2.75) is 25.8 Å². The summed E-state index contributed by atoms with van der Waals surface area (Å²) in [6, 6.07) is 9.79. The Morgan fingerprint density at radius 1 is 1.17 bits per heavy atom. The van der Waals surface area contributed by atoms with Crippen LogP contribution in [0.1, 0.15) is 41.9 Å². The fourth-order valence-corrected chi connectivity index (χ4v) is 3.03. The van der Waals surface area contributed by atoms with Gasteiger partial charge in [-0.05, 0) is 37.6 Å². The molecular weight excluding hydrogens is 394 g/mol. The molecule has 2 amide bonds. The van der Waals surface area contributed by atoms with E-state index in [2.05, 4.69) is 10.6 Å². The molecule has 0 aliphatic carbocycles. The average Bonchev–Trinajstić information content (AvgIpc) is 3.15. The number of carbonyl (C=O) groups excluding carboxylic acids is 2. The van der Waals surface area contributed by atoms with Gasteiger partial charge in [0.05, 0.1) is 18.7 Å². The Hall–Kier alpha value is -3.42. The van der Waals surface area contributed by atoms with E-state index in [9.17, 15) is 18.4 Å². The van der Waals surface area contributed by atoms with Gasteiger partial charge in [0, 0.05) is 24.4 Å². The Bertz CT molecular complexity index is 1060. The number of rotatable bonds is 8. The Labute approximate surface area is 172 Å². The number of para-hydroxylation sites is 1. The third-order valence-electron chi connectivity index (χ3n) is 4.59. The van der Waals surface area contributed by atoms with Crippen molar-refractivity contribution in [2.75, 3.05) is 13.7 Å². The standard InChI is InChI=1S/C22H22F2N2O4/c1-13(19-11-14-5-3-6-18(29-2)21(14)30-19)26-20(27)7-4-10-25-22(28)16-9-8-15(23)12-17(16)24/h3,5-6,8-9,11-13H,4,7,10H2,1-2H3,(H,25,28)(H,26,27). The van der Waals surface area contributed by atoms with Gasteiger partial charge in [-0.25, -0.2) is 8.78 Å². The normalized spacial score (nSPS) is 11.9. The molecule has 6 nitrogen and oxygen atoms in total. The maximum absolute atomic E-state index is 13.6. The van der Waals surface area contributed by atoms with Crippen LogP contribution in [0.3, 0.4) is 0 Å². The Kier molecular flexibility index (Phi) is 6.66. The second-order valence-electron chi connectivity index (χ2n) is 6.80. The fourth-order valence-electron chi connectivity index (χ4n) is 3.03. The second-order valence-corrected chi connectivity index (χ2v) is 6.80. The van der Waals surface area contributed by atoms with E-state index in [0.29, 0.717) is 29.6 Å². The number of halogens is 2. The summed E-state index contributed by atoms with van der Waals surface area (Å²) in [6.07, 6.45) is 0.529. The molecule has 0 radical (unpaired) electrons. The summed E-state index contributed by atoms with van der Waals surface area (Å²) in [5, 5.41) is 6.23. The molecule has 30 heavy (non-hydrogen) atoms. The van der Waals surface area contributed by atoms with Crippen LogP contribution < -0.4 is 15.4 Å². The molecule has 158 valence electrons. The molecule has 1 heterocycles. The second kappa shape index (κ2) is 9.39. The van der Waals surface area contributed by atoms with E-state index in [1.54, 1.807) is 20.1 Å². The molecule has 0 saturated heterocycles. The van der Waals surface area contributed by atoms with Crippen LogP contribution in [0.5, 0.6) is 5.75 Å². The van der Waals surface area contributed by atoms with Crippen LogP contribution in [0.25, 0.3) is 11.0 Å². The molecule has 0 fully saturated rings. The highest BCUT2D eigenvalue weighted by Gasteiger charge is 2.16. The molecule has 1 unspecified atom stereocenters. The van der Waals surface area contributed by atoms with Gasteiger partial charge in [-0.15, -0.1) is 0 Å². The van der Waals surface area contributed by atoms with Gasteiger partial charge in [0.2, 0.25) is 5.91 Å². The van der Waals surface area contributed by atoms with E-state index in [0.717, 1.165) is 17.5 Å². The van der Waals surface area contributed by atoms with Crippen molar-refractivity contribution in [3.63, 3.8) is 0 Å². The number of hydrogen-bond acceptors (Lipinski definition) is 4. The third-order valence-corrected chi connectivity index (χ3v) is 4.59. The zero-order chi connectivity index (χ0) is 21.7. The molecule has 2 aromatic carbocycles. The predicted octanol–water partition coefficient (Wildman–Crippen LogP) is 4.11. The van der Waals surface area contributed by atoms with Crippen molar-refractivity contribution in [2.24, 2.45) is 0 Å². The summed E-state index contributed by atoms with van der Waals surface area (Å²) in [4.78, 5) is 24.1. The lowest BCUT2D eigenvalue weighted by Gasteiger charge is -2.11. The van der Waals surface area contributed by atoms with Gasteiger partial charge in [-0.2, -0.15) is 0 Å². The van der Waals surface area contributed by atoms with Crippen LogP contribution in [-0.2, 0) is 4.79 Å². The molecule has 0 saturated carbocycles. The van der Waals surface area contributed by atoms with Gasteiger partial charge in [-0.3, -0.25) is 9.59 Å². The summed E-state index contributed by atoms with van der Waals surface area (Å²) in [5.41, 5.74) is 0.377. The molecule has 0 aliphatic heterocycles. The summed E-state index contributed by atoms with van der Waals surface area (Å²) >= 11 is 0. The monoisotopic (exact) mass is 416 g/mol. The first-order valence-electron chi connectivity index (χ1n) is 9.48. The number of benzene rings is 2. The van der Waals surface area contributed by atoms with E-state index in [1.165, 1.54) is 0 Å². The maximum atomic E-state index is 13.6. The largest absolute Gasteiger partial charge is 0.493 e. The molecule has 0 spiro atoms.